The van der Waals surface area contributed by atoms with Gasteiger partial charge in [0.25, 0.3) is 5.91 Å². The molecule has 0 saturated heterocycles. The molecule has 0 aliphatic rings. The van der Waals surface area contributed by atoms with Gasteiger partial charge in [0.05, 0.1) is 5.51 Å². The van der Waals surface area contributed by atoms with E-state index in [0.717, 1.165) is 6.42 Å². The van der Waals surface area contributed by atoms with Gasteiger partial charge in [0.15, 0.2) is 0 Å². The highest BCUT2D eigenvalue weighted by molar-refractivity contribution is 7.09. The summed E-state index contributed by atoms with van der Waals surface area (Å²) < 4.78 is 0. The van der Waals surface area contributed by atoms with Crippen LogP contribution in [0.5, 0.6) is 0 Å². The third-order valence-electron chi connectivity index (χ3n) is 2.98. The summed E-state index contributed by atoms with van der Waals surface area (Å²) in [6.45, 7) is 4.93. The largest absolute Gasteiger partial charge is 0.352 e. The van der Waals surface area contributed by atoms with Gasteiger partial charge in [-0.3, -0.25) is 9.78 Å². The molecule has 19 heavy (non-hydrogen) atoms. The third-order valence-corrected chi connectivity index (χ3v) is 3.82. The van der Waals surface area contributed by atoms with Crippen LogP contribution in [0.15, 0.2) is 36.0 Å². The Morgan fingerprint density at radius 1 is 1.32 bits per heavy atom. The number of amides is 1. The second-order valence-corrected chi connectivity index (χ2v) is 5.72. The molecule has 0 unspecified atom stereocenters. The van der Waals surface area contributed by atoms with Crippen molar-refractivity contribution in [3.63, 3.8) is 0 Å². The Morgan fingerprint density at radius 3 is 2.63 bits per heavy atom. The highest BCUT2D eigenvalue weighted by atomic mass is 32.1. The van der Waals surface area contributed by atoms with Crippen molar-refractivity contribution in [1.82, 2.24) is 10.3 Å². The number of carbonyl (C=O) groups excluding carboxylic acids is 1. The Kier molecular flexibility index (Phi) is 4.68. The average molecular weight is 274 g/mol. The normalized spacial score (nSPS) is 10.7. The lowest BCUT2D eigenvalue weighted by atomic mass is 10.0. The van der Waals surface area contributed by atoms with Crippen LogP contribution in [0.3, 0.4) is 0 Å². The van der Waals surface area contributed by atoms with E-state index in [0.29, 0.717) is 18.0 Å². The quantitative estimate of drug-likeness (QED) is 0.909. The van der Waals surface area contributed by atoms with E-state index < -0.39 is 0 Å². The van der Waals surface area contributed by atoms with Crippen molar-refractivity contribution < 1.29 is 4.79 Å². The van der Waals surface area contributed by atoms with Gasteiger partial charge >= 0.3 is 0 Å². The number of aromatic nitrogens is 1. The first kappa shape index (κ1) is 13.7. The van der Waals surface area contributed by atoms with Crippen molar-refractivity contribution in [2.45, 2.75) is 26.2 Å². The molecule has 0 aliphatic carbocycles. The summed E-state index contributed by atoms with van der Waals surface area (Å²) in [7, 11) is 0. The summed E-state index contributed by atoms with van der Waals surface area (Å²) in [5, 5.41) is 2.93. The molecule has 0 saturated carbocycles. The van der Waals surface area contributed by atoms with E-state index in [1.165, 1.54) is 10.4 Å². The standard InChI is InChI=1S/C15H18N2OS/c1-11(2)12-3-5-13(6-4-12)15(18)17-8-7-14-9-16-10-19-14/h3-6,9-11H,7-8H2,1-2H3,(H,17,18). The van der Waals surface area contributed by atoms with Crippen molar-refractivity contribution in [2.24, 2.45) is 0 Å². The molecule has 0 radical (unpaired) electrons. The maximum absolute atomic E-state index is 11.9. The van der Waals surface area contributed by atoms with Crippen molar-refractivity contribution in [3.8, 4) is 0 Å². The number of hydrogen-bond acceptors (Lipinski definition) is 3. The first-order valence-electron chi connectivity index (χ1n) is 6.42. The van der Waals surface area contributed by atoms with Crippen LogP contribution in [0, 0.1) is 0 Å². The van der Waals surface area contributed by atoms with Gasteiger partial charge in [-0.05, 0) is 23.6 Å². The molecule has 1 aromatic heterocycles. The molecule has 1 aromatic carbocycles. The van der Waals surface area contributed by atoms with E-state index in [-0.39, 0.29) is 5.91 Å². The molecular weight excluding hydrogens is 256 g/mol. The lowest BCUT2D eigenvalue weighted by Gasteiger charge is -2.07. The zero-order valence-electron chi connectivity index (χ0n) is 11.2. The number of benzene rings is 1. The van der Waals surface area contributed by atoms with Gasteiger partial charge in [-0.2, -0.15) is 0 Å². The fraction of sp³-hybridized carbons (Fsp3) is 0.333. The van der Waals surface area contributed by atoms with E-state index in [1.807, 2.05) is 36.0 Å². The van der Waals surface area contributed by atoms with Crippen molar-refractivity contribution in [1.29, 1.82) is 0 Å². The summed E-state index contributed by atoms with van der Waals surface area (Å²) in [5.41, 5.74) is 3.77. The van der Waals surface area contributed by atoms with E-state index in [4.69, 9.17) is 0 Å². The third kappa shape index (κ3) is 3.89. The lowest BCUT2D eigenvalue weighted by molar-refractivity contribution is 0.0954. The average Bonchev–Trinajstić information content (AvgIpc) is 2.92. The van der Waals surface area contributed by atoms with Gasteiger partial charge in [0.2, 0.25) is 0 Å². The van der Waals surface area contributed by atoms with Gasteiger partial charge in [0, 0.05) is 29.6 Å². The molecule has 2 aromatic rings. The van der Waals surface area contributed by atoms with Crippen LogP contribution >= 0.6 is 11.3 Å². The summed E-state index contributed by atoms with van der Waals surface area (Å²) in [6, 6.07) is 7.81. The predicted octanol–water partition coefficient (Wildman–Crippen LogP) is 3.24. The highest BCUT2D eigenvalue weighted by Gasteiger charge is 2.06. The number of carbonyl (C=O) groups is 1. The van der Waals surface area contributed by atoms with Crippen molar-refractivity contribution >= 4 is 17.2 Å². The summed E-state index contributed by atoms with van der Waals surface area (Å²) in [5.74, 6) is 0.475. The lowest BCUT2D eigenvalue weighted by Crippen LogP contribution is -2.25. The Balaban J connectivity index is 1.85. The minimum atomic E-state index is -0.0141. The van der Waals surface area contributed by atoms with E-state index >= 15 is 0 Å². The summed E-state index contributed by atoms with van der Waals surface area (Å²) in [6.07, 6.45) is 2.68. The Labute approximate surface area is 117 Å². The number of rotatable bonds is 5. The van der Waals surface area contributed by atoms with Gasteiger partial charge in [-0.25, -0.2) is 0 Å². The summed E-state index contributed by atoms with van der Waals surface area (Å²) in [4.78, 5) is 17.1. The number of nitrogens with one attached hydrogen (secondary N) is 1. The maximum Gasteiger partial charge on any atom is 0.251 e. The monoisotopic (exact) mass is 274 g/mol. The molecule has 1 N–H and O–H groups in total. The predicted molar refractivity (Wildman–Crippen MR) is 78.7 cm³/mol. The van der Waals surface area contributed by atoms with Crippen LogP contribution in [-0.4, -0.2) is 17.4 Å². The van der Waals surface area contributed by atoms with Gasteiger partial charge in [-0.1, -0.05) is 26.0 Å². The molecule has 4 heteroatoms. The number of nitrogens with zero attached hydrogens (tertiary/aromatic N) is 1. The number of hydrogen-bond donors (Lipinski definition) is 1. The Bertz CT molecular complexity index is 518. The van der Waals surface area contributed by atoms with E-state index in [1.54, 1.807) is 11.3 Å². The maximum atomic E-state index is 11.9. The molecule has 1 amide bonds. The molecule has 100 valence electrons. The van der Waals surface area contributed by atoms with E-state index in [2.05, 4.69) is 24.1 Å². The molecule has 0 bridgehead atoms. The second kappa shape index (κ2) is 6.48. The molecule has 2 rings (SSSR count). The molecule has 0 fully saturated rings. The van der Waals surface area contributed by atoms with Crippen LogP contribution < -0.4 is 5.32 Å². The smallest absolute Gasteiger partial charge is 0.251 e. The van der Waals surface area contributed by atoms with Crippen LogP contribution in [0.25, 0.3) is 0 Å². The highest BCUT2D eigenvalue weighted by Crippen LogP contribution is 2.14. The molecule has 3 nitrogen and oxygen atoms in total. The van der Waals surface area contributed by atoms with Gasteiger partial charge in [-0.15, -0.1) is 11.3 Å². The van der Waals surface area contributed by atoms with Crippen molar-refractivity contribution in [3.05, 3.63) is 52.0 Å². The zero-order chi connectivity index (χ0) is 13.7. The van der Waals surface area contributed by atoms with Crippen LogP contribution in [0.4, 0.5) is 0 Å². The molecule has 0 spiro atoms. The van der Waals surface area contributed by atoms with Crippen molar-refractivity contribution in [2.75, 3.05) is 6.54 Å². The number of thiazole rings is 1. The summed E-state index contributed by atoms with van der Waals surface area (Å²) >= 11 is 1.61. The fourth-order valence-electron chi connectivity index (χ4n) is 1.79. The SMILES string of the molecule is CC(C)c1ccc(C(=O)NCCc2cncs2)cc1. The van der Waals surface area contributed by atoms with E-state index in [9.17, 15) is 4.79 Å². The molecule has 0 atom stereocenters. The van der Waals surface area contributed by atoms with Crippen LogP contribution in [0.1, 0.15) is 40.6 Å². The molecule has 1 heterocycles. The zero-order valence-corrected chi connectivity index (χ0v) is 12.0. The second-order valence-electron chi connectivity index (χ2n) is 4.75. The van der Waals surface area contributed by atoms with Gasteiger partial charge < -0.3 is 5.32 Å². The minimum absolute atomic E-state index is 0.0141. The first-order chi connectivity index (χ1) is 9.16. The fourth-order valence-corrected chi connectivity index (χ4v) is 2.39. The Morgan fingerprint density at radius 2 is 2.05 bits per heavy atom. The first-order valence-corrected chi connectivity index (χ1v) is 7.30. The van der Waals surface area contributed by atoms with Gasteiger partial charge in [0.1, 0.15) is 0 Å². The van der Waals surface area contributed by atoms with Crippen LogP contribution in [0.2, 0.25) is 0 Å². The molecule has 0 aliphatic heterocycles. The van der Waals surface area contributed by atoms with Crippen LogP contribution in [-0.2, 0) is 6.42 Å². The molecular formula is C15H18N2OS. The minimum Gasteiger partial charge on any atom is -0.352 e. The topological polar surface area (TPSA) is 42.0 Å². The Hall–Kier alpha value is -1.68.